The fourth-order valence-electron chi connectivity index (χ4n) is 2.21. The van der Waals surface area contributed by atoms with E-state index in [-0.39, 0.29) is 5.95 Å². The summed E-state index contributed by atoms with van der Waals surface area (Å²) in [5.74, 6) is 1.28. The Labute approximate surface area is 122 Å². The third-order valence-electron chi connectivity index (χ3n) is 3.22. The molecule has 112 valence electrons. The van der Waals surface area contributed by atoms with E-state index in [0.717, 1.165) is 31.7 Å². The highest BCUT2D eigenvalue weighted by molar-refractivity contribution is 5.52. The maximum absolute atomic E-state index is 5.83. The topological polar surface area (TPSA) is 108 Å². The first-order valence-corrected chi connectivity index (χ1v) is 7.01. The van der Waals surface area contributed by atoms with E-state index in [1.54, 1.807) is 10.9 Å². The average Bonchev–Trinajstić information content (AvgIpc) is 2.96. The molecular weight excluding hydrogens is 272 g/mol. The van der Waals surface area contributed by atoms with Gasteiger partial charge in [0.05, 0.1) is 19.4 Å². The van der Waals surface area contributed by atoms with Crippen LogP contribution in [-0.2, 0) is 11.3 Å². The van der Waals surface area contributed by atoms with Gasteiger partial charge in [-0.15, -0.1) is 5.10 Å². The Kier molecular flexibility index (Phi) is 3.91. The fourth-order valence-corrected chi connectivity index (χ4v) is 2.21. The lowest BCUT2D eigenvalue weighted by atomic mass is 10.4. The van der Waals surface area contributed by atoms with Gasteiger partial charge < -0.3 is 15.4 Å². The summed E-state index contributed by atoms with van der Waals surface area (Å²) in [5.41, 5.74) is 6.58. The quantitative estimate of drug-likeness (QED) is 0.835. The number of aromatic nitrogens is 6. The molecule has 2 N–H and O–H groups in total. The Morgan fingerprint density at radius 1 is 1.24 bits per heavy atom. The number of nitrogen functional groups attached to an aromatic ring is 1. The van der Waals surface area contributed by atoms with Gasteiger partial charge in [0, 0.05) is 19.6 Å². The molecule has 21 heavy (non-hydrogen) atoms. The minimum Gasteiger partial charge on any atom is -0.378 e. The Bertz CT molecular complexity index is 607. The standard InChI is InChI=1S/C12H18N8O/c1-2-3-20-9(8-14-18-20)10-15-11(13)17-12(16-10)19-4-6-21-7-5-19/h8H,2-7H2,1H3,(H2,13,15,16,17). The zero-order chi connectivity index (χ0) is 14.7. The maximum atomic E-state index is 5.83. The SMILES string of the molecule is CCCn1nncc1-c1nc(N)nc(N2CCOCC2)n1. The Morgan fingerprint density at radius 3 is 2.81 bits per heavy atom. The molecule has 0 aromatic carbocycles. The van der Waals surface area contributed by atoms with Crippen molar-refractivity contribution in [3.05, 3.63) is 6.20 Å². The Morgan fingerprint density at radius 2 is 2.05 bits per heavy atom. The normalized spacial score (nSPS) is 15.4. The van der Waals surface area contributed by atoms with Crippen LogP contribution in [0.4, 0.5) is 11.9 Å². The maximum Gasteiger partial charge on any atom is 0.230 e. The van der Waals surface area contributed by atoms with Gasteiger partial charge in [-0.25, -0.2) is 4.68 Å². The number of aryl methyl sites for hydroxylation is 1. The number of ether oxygens (including phenoxy) is 1. The number of anilines is 2. The van der Waals surface area contributed by atoms with Crippen LogP contribution < -0.4 is 10.6 Å². The van der Waals surface area contributed by atoms with Gasteiger partial charge in [0.25, 0.3) is 0 Å². The van der Waals surface area contributed by atoms with E-state index in [9.17, 15) is 0 Å². The third-order valence-corrected chi connectivity index (χ3v) is 3.22. The van der Waals surface area contributed by atoms with Crippen LogP contribution in [0.5, 0.6) is 0 Å². The second kappa shape index (κ2) is 6.00. The van der Waals surface area contributed by atoms with E-state index in [0.29, 0.717) is 25.0 Å². The molecule has 0 atom stereocenters. The molecule has 1 aliphatic heterocycles. The van der Waals surface area contributed by atoms with Gasteiger partial charge in [0.2, 0.25) is 11.9 Å². The Hall–Kier alpha value is -2.29. The molecule has 1 saturated heterocycles. The number of hydrogen-bond acceptors (Lipinski definition) is 8. The highest BCUT2D eigenvalue weighted by Crippen LogP contribution is 2.18. The van der Waals surface area contributed by atoms with Crippen LogP contribution in [0.3, 0.4) is 0 Å². The van der Waals surface area contributed by atoms with E-state index in [1.807, 2.05) is 4.90 Å². The molecule has 0 aliphatic carbocycles. The number of hydrogen-bond donors (Lipinski definition) is 1. The molecule has 0 amide bonds. The van der Waals surface area contributed by atoms with Crippen LogP contribution in [0.15, 0.2) is 6.20 Å². The van der Waals surface area contributed by atoms with E-state index >= 15 is 0 Å². The summed E-state index contributed by atoms with van der Waals surface area (Å²) in [7, 11) is 0. The van der Waals surface area contributed by atoms with Crippen LogP contribution in [0.25, 0.3) is 11.5 Å². The number of nitrogens with zero attached hydrogens (tertiary/aromatic N) is 7. The van der Waals surface area contributed by atoms with Gasteiger partial charge in [0.1, 0.15) is 5.69 Å². The van der Waals surface area contributed by atoms with Gasteiger partial charge in [-0.05, 0) is 6.42 Å². The summed E-state index contributed by atoms with van der Waals surface area (Å²) in [5, 5.41) is 7.97. The van der Waals surface area contributed by atoms with Crippen molar-refractivity contribution in [2.45, 2.75) is 19.9 Å². The first kappa shape index (κ1) is 13.7. The van der Waals surface area contributed by atoms with Gasteiger partial charge in [0.15, 0.2) is 5.82 Å². The van der Waals surface area contributed by atoms with Crippen LogP contribution in [0.1, 0.15) is 13.3 Å². The lowest BCUT2D eigenvalue weighted by Crippen LogP contribution is -2.37. The van der Waals surface area contributed by atoms with Crippen molar-refractivity contribution in [1.82, 2.24) is 29.9 Å². The summed E-state index contributed by atoms with van der Waals surface area (Å²) in [6.07, 6.45) is 2.60. The highest BCUT2D eigenvalue weighted by atomic mass is 16.5. The van der Waals surface area contributed by atoms with Gasteiger partial charge in [-0.1, -0.05) is 12.1 Å². The first-order valence-electron chi connectivity index (χ1n) is 7.01. The molecule has 9 nitrogen and oxygen atoms in total. The largest absolute Gasteiger partial charge is 0.378 e. The number of nitrogens with two attached hydrogens (primary N) is 1. The summed E-state index contributed by atoms with van der Waals surface area (Å²) in [6.45, 7) is 5.65. The predicted molar refractivity (Wildman–Crippen MR) is 76.6 cm³/mol. The number of rotatable bonds is 4. The molecule has 1 fully saturated rings. The Balaban J connectivity index is 1.95. The number of morpholine rings is 1. The highest BCUT2D eigenvalue weighted by Gasteiger charge is 2.18. The van der Waals surface area contributed by atoms with Crippen molar-refractivity contribution in [1.29, 1.82) is 0 Å². The molecule has 0 unspecified atom stereocenters. The van der Waals surface area contributed by atoms with Crippen LogP contribution in [0, 0.1) is 0 Å². The third kappa shape index (κ3) is 2.92. The van der Waals surface area contributed by atoms with E-state index < -0.39 is 0 Å². The molecule has 0 radical (unpaired) electrons. The fraction of sp³-hybridized carbons (Fsp3) is 0.583. The molecule has 2 aromatic heterocycles. The molecule has 0 spiro atoms. The van der Waals surface area contributed by atoms with Crippen LogP contribution >= 0.6 is 0 Å². The van der Waals surface area contributed by atoms with Crippen molar-refractivity contribution < 1.29 is 4.74 Å². The lowest BCUT2D eigenvalue weighted by Gasteiger charge is -2.26. The molecule has 3 heterocycles. The van der Waals surface area contributed by atoms with E-state index in [4.69, 9.17) is 10.5 Å². The van der Waals surface area contributed by atoms with Gasteiger partial charge in [-0.3, -0.25) is 0 Å². The molecule has 9 heteroatoms. The van der Waals surface area contributed by atoms with Crippen molar-refractivity contribution in [2.75, 3.05) is 36.9 Å². The predicted octanol–water partition coefficient (Wildman–Crippen LogP) is -0.0411. The lowest BCUT2D eigenvalue weighted by molar-refractivity contribution is 0.122. The van der Waals surface area contributed by atoms with Crippen molar-refractivity contribution in [3.63, 3.8) is 0 Å². The van der Waals surface area contributed by atoms with Gasteiger partial charge >= 0.3 is 0 Å². The zero-order valence-corrected chi connectivity index (χ0v) is 11.9. The van der Waals surface area contributed by atoms with Gasteiger partial charge in [-0.2, -0.15) is 15.0 Å². The zero-order valence-electron chi connectivity index (χ0n) is 11.9. The van der Waals surface area contributed by atoms with E-state index in [1.165, 1.54) is 0 Å². The minimum absolute atomic E-state index is 0.200. The van der Waals surface area contributed by atoms with Crippen molar-refractivity contribution >= 4 is 11.9 Å². The molecule has 3 rings (SSSR count). The van der Waals surface area contributed by atoms with Crippen molar-refractivity contribution in [2.24, 2.45) is 0 Å². The van der Waals surface area contributed by atoms with Crippen LogP contribution in [-0.4, -0.2) is 56.2 Å². The van der Waals surface area contributed by atoms with Crippen molar-refractivity contribution in [3.8, 4) is 11.5 Å². The smallest absolute Gasteiger partial charge is 0.230 e. The first-order chi connectivity index (χ1) is 10.3. The molecular formula is C12H18N8O. The molecule has 2 aromatic rings. The summed E-state index contributed by atoms with van der Waals surface area (Å²) in [4.78, 5) is 15.0. The van der Waals surface area contributed by atoms with Crippen LogP contribution in [0.2, 0.25) is 0 Å². The summed E-state index contributed by atoms with van der Waals surface area (Å²) in [6, 6.07) is 0. The molecule has 0 bridgehead atoms. The summed E-state index contributed by atoms with van der Waals surface area (Å²) >= 11 is 0. The molecule has 0 saturated carbocycles. The second-order valence-electron chi connectivity index (χ2n) is 4.76. The average molecular weight is 290 g/mol. The second-order valence-corrected chi connectivity index (χ2v) is 4.76. The minimum atomic E-state index is 0.200. The molecule has 1 aliphatic rings. The van der Waals surface area contributed by atoms with E-state index in [2.05, 4.69) is 32.2 Å². The monoisotopic (exact) mass is 290 g/mol. The summed E-state index contributed by atoms with van der Waals surface area (Å²) < 4.78 is 7.11.